The summed E-state index contributed by atoms with van der Waals surface area (Å²) in [5.41, 5.74) is 4.92. The van der Waals surface area contributed by atoms with E-state index < -0.39 is 10.0 Å². The summed E-state index contributed by atoms with van der Waals surface area (Å²) in [6.07, 6.45) is 7.07. The molecule has 4 aromatic rings. The number of anilines is 5. The summed E-state index contributed by atoms with van der Waals surface area (Å²) in [5, 5.41) is 11.8. The molecule has 6 rings (SSSR count). The molecule has 212 valence electrons. The van der Waals surface area contributed by atoms with Crippen molar-refractivity contribution in [2.45, 2.75) is 24.7 Å². The van der Waals surface area contributed by atoms with Crippen LogP contribution in [-0.4, -0.2) is 41.5 Å². The fourth-order valence-electron chi connectivity index (χ4n) is 5.19. The largest absolute Gasteiger partial charge is 0.352 e. The standard InChI is InChI=1S/C29H31FN8O2S/c1-17-4-6-20(14-26(17)41(31,39)40)34-28-32-11-10-27(36-28)37(2)21-7-9-25-24(15-21)35-29(38(25)3)33-16-18-5-8-23(30)22-13-19(22)12-18/h4,6-12,14-15,19,22H,5,13,16H2,1-3H3,(H,33,35)(H2,31,39,40)(H,32,34,36). The molecule has 4 N–H and O–H groups in total. The highest BCUT2D eigenvalue weighted by molar-refractivity contribution is 7.89. The second-order valence-corrected chi connectivity index (χ2v) is 12.1. The van der Waals surface area contributed by atoms with Gasteiger partial charge in [0.25, 0.3) is 0 Å². The molecule has 0 amide bonds. The number of sulfonamides is 1. The molecule has 0 saturated heterocycles. The lowest BCUT2D eigenvalue weighted by atomic mass is 10.1. The van der Waals surface area contributed by atoms with Gasteiger partial charge in [-0.2, -0.15) is 4.98 Å². The van der Waals surface area contributed by atoms with Gasteiger partial charge in [-0.15, -0.1) is 0 Å². The third-order valence-corrected chi connectivity index (χ3v) is 8.72. The Morgan fingerprint density at radius 3 is 2.80 bits per heavy atom. The average Bonchev–Trinajstić information content (AvgIpc) is 3.67. The number of fused-ring (bicyclic) bond motifs is 2. The van der Waals surface area contributed by atoms with Crippen molar-refractivity contribution >= 4 is 50.1 Å². The van der Waals surface area contributed by atoms with Crippen molar-refractivity contribution in [3.05, 3.63) is 77.8 Å². The van der Waals surface area contributed by atoms with Gasteiger partial charge in [0.15, 0.2) is 0 Å². The van der Waals surface area contributed by atoms with Crippen molar-refractivity contribution in [2.75, 3.05) is 29.1 Å². The van der Waals surface area contributed by atoms with Crippen LogP contribution in [0.2, 0.25) is 0 Å². The number of aromatic nitrogens is 4. The monoisotopic (exact) mass is 574 g/mol. The Bertz CT molecular complexity index is 1830. The molecule has 2 unspecified atom stereocenters. The zero-order valence-corrected chi connectivity index (χ0v) is 23.8. The Morgan fingerprint density at radius 1 is 1.17 bits per heavy atom. The molecule has 1 saturated carbocycles. The Morgan fingerprint density at radius 2 is 2.00 bits per heavy atom. The van der Waals surface area contributed by atoms with Crippen LogP contribution in [0, 0.1) is 18.8 Å². The van der Waals surface area contributed by atoms with Crippen LogP contribution in [0.25, 0.3) is 11.0 Å². The highest BCUT2D eigenvalue weighted by Crippen LogP contribution is 2.48. The molecule has 0 aliphatic heterocycles. The van der Waals surface area contributed by atoms with Crippen LogP contribution in [0.1, 0.15) is 18.4 Å². The first-order chi connectivity index (χ1) is 19.6. The molecule has 12 heteroatoms. The minimum atomic E-state index is -3.86. The highest BCUT2D eigenvalue weighted by atomic mass is 32.2. The number of allylic oxidation sites excluding steroid dienone is 3. The number of halogens is 1. The number of hydrogen-bond acceptors (Lipinski definition) is 8. The number of imidazole rings is 1. The van der Waals surface area contributed by atoms with E-state index in [-0.39, 0.29) is 16.6 Å². The fraction of sp³-hybridized carbons (Fsp3) is 0.276. The van der Waals surface area contributed by atoms with Crippen LogP contribution < -0.4 is 20.7 Å². The van der Waals surface area contributed by atoms with E-state index in [1.165, 1.54) is 11.6 Å². The molecular formula is C29H31FN8O2S. The van der Waals surface area contributed by atoms with Crippen molar-refractivity contribution in [2.24, 2.45) is 24.0 Å². The Balaban J connectivity index is 1.19. The smallest absolute Gasteiger partial charge is 0.238 e. The predicted molar refractivity (Wildman–Crippen MR) is 159 cm³/mol. The number of nitrogens with two attached hydrogens (primary N) is 1. The normalized spacial score (nSPS) is 18.3. The molecule has 10 nitrogen and oxygen atoms in total. The van der Waals surface area contributed by atoms with E-state index in [4.69, 9.17) is 10.1 Å². The van der Waals surface area contributed by atoms with E-state index in [1.807, 2.05) is 41.8 Å². The maximum Gasteiger partial charge on any atom is 0.238 e. The number of aryl methyl sites for hydroxylation is 2. The zero-order chi connectivity index (χ0) is 28.9. The third-order valence-electron chi connectivity index (χ3n) is 7.66. The first-order valence-corrected chi connectivity index (χ1v) is 14.8. The lowest BCUT2D eigenvalue weighted by molar-refractivity contribution is 0.567. The molecule has 1 fully saturated rings. The predicted octanol–water partition coefficient (Wildman–Crippen LogP) is 5.06. The van der Waals surface area contributed by atoms with Crippen LogP contribution in [0.5, 0.6) is 0 Å². The number of benzene rings is 2. The molecular weight excluding hydrogens is 543 g/mol. The Hall–Kier alpha value is -4.29. The van der Waals surface area contributed by atoms with Crippen molar-refractivity contribution in [1.82, 2.24) is 19.5 Å². The van der Waals surface area contributed by atoms with Gasteiger partial charge in [0.05, 0.1) is 21.8 Å². The summed E-state index contributed by atoms with van der Waals surface area (Å²) in [6, 6.07) is 12.7. The third kappa shape index (κ3) is 5.52. The lowest BCUT2D eigenvalue weighted by Crippen LogP contribution is -2.14. The molecule has 0 radical (unpaired) electrons. The van der Waals surface area contributed by atoms with Crippen molar-refractivity contribution < 1.29 is 12.8 Å². The van der Waals surface area contributed by atoms with Crippen LogP contribution in [0.3, 0.4) is 0 Å². The minimum absolute atomic E-state index is 0.0264. The Labute approximate surface area is 237 Å². The minimum Gasteiger partial charge on any atom is -0.352 e. The van der Waals surface area contributed by atoms with Gasteiger partial charge in [-0.05, 0) is 73.7 Å². The van der Waals surface area contributed by atoms with E-state index in [9.17, 15) is 12.8 Å². The number of nitrogens with zero attached hydrogens (tertiary/aromatic N) is 5. The van der Waals surface area contributed by atoms with E-state index in [2.05, 4.69) is 26.7 Å². The lowest BCUT2D eigenvalue weighted by Gasteiger charge is -2.19. The second kappa shape index (κ2) is 10.3. The van der Waals surface area contributed by atoms with Gasteiger partial charge in [0.2, 0.25) is 21.9 Å². The molecule has 0 bridgehead atoms. The van der Waals surface area contributed by atoms with Crippen molar-refractivity contribution in [1.29, 1.82) is 0 Å². The number of hydrogen-bond donors (Lipinski definition) is 3. The van der Waals surface area contributed by atoms with Gasteiger partial charge < -0.3 is 20.1 Å². The van der Waals surface area contributed by atoms with E-state index in [0.29, 0.717) is 41.9 Å². The maximum atomic E-state index is 14.0. The number of rotatable bonds is 8. The SMILES string of the molecule is Cc1ccc(Nc2nccc(N(C)c3ccc4c(c3)nc(NCC3=CC5CC5C(F)=CC3)n4C)n2)cc1S(N)(=O)=O. The topological polar surface area (TPSA) is 131 Å². The van der Waals surface area contributed by atoms with Gasteiger partial charge in [-0.3, -0.25) is 0 Å². The summed E-state index contributed by atoms with van der Waals surface area (Å²) in [7, 11) is 0.00673. The second-order valence-electron chi connectivity index (χ2n) is 10.6. The summed E-state index contributed by atoms with van der Waals surface area (Å²) in [4.78, 5) is 15.7. The summed E-state index contributed by atoms with van der Waals surface area (Å²) >= 11 is 0. The summed E-state index contributed by atoms with van der Waals surface area (Å²) in [6.45, 7) is 2.30. The molecule has 0 spiro atoms. The van der Waals surface area contributed by atoms with E-state index >= 15 is 0 Å². The molecule has 41 heavy (non-hydrogen) atoms. The van der Waals surface area contributed by atoms with E-state index in [0.717, 1.165) is 29.1 Å². The van der Waals surface area contributed by atoms with Gasteiger partial charge in [0, 0.05) is 44.1 Å². The van der Waals surface area contributed by atoms with Crippen molar-refractivity contribution in [3.63, 3.8) is 0 Å². The molecule has 2 aliphatic carbocycles. The molecule has 2 aromatic carbocycles. The summed E-state index contributed by atoms with van der Waals surface area (Å²) in [5.74, 6) is 2.13. The zero-order valence-electron chi connectivity index (χ0n) is 23.0. The molecule has 2 heterocycles. The van der Waals surface area contributed by atoms with Gasteiger partial charge in [0.1, 0.15) is 5.82 Å². The number of nitrogens with one attached hydrogen (secondary N) is 2. The van der Waals surface area contributed by atoms with Crippen LogP contribution in [0.4, 0.5) is 33.5 Å². The van der Waals surface area contributed by atoms with Crippen LogP contribution in [-0.2, 0) is 17.1 Å². The maximum absolute atomic E-state index is 14.0. The average molecular weight is 575 g/mol. The van der Waals surface area contributed by atoms with Crippen LogP contribution in [0.15, 0.2) is 77.1 Å². The Kier molecular flexibility index (Phi) is 6.74. The van der Waals surface area contributed by atoms with Crippen LogP contribution >= 0.6 is 0 Å². The number of primary sulfonamides is 1. The van der Waals surface area contributed by atoms with Gasteiger partial charge in [-0.1, -0.05) is 17.7 Å². The van der Waals surface area contributed by atoms with Gasteiger partial charge >= 0.3 is 0 Å². The molecule has 2 aromatic heterocycles. The van der Waals surface area contributed by atoms with Crippen molar-refractivity contribution in [3.8, 4) is 0 Å². The highest BCUT2D eigenvalue weighted by Gasteiger charge is 2.40. The quantitative estimate of drug-likeness (QED) is 0.249. The van der Waals surface area contributed by atoms with Gasteiger partial charge in [-0.25, -0.2) is 27.9 Å². The molecule has 2 atom stereocenters. The molecule has 2 aliphatic rings. The first-order valence-electron chi connectivity index (χ1n) is 13.3. The van der Waals surface area contributed by atoms with E-state index in [1.54, 1.807) is 37.4 Å². The summed E-state index contributed by atoms with van der Waals surface area (Å²) < 4.78 is 39.8. The first kappa shape index (κ1) is 26.9. The fourth-order valence-corrected chi connectivity index (χ4v) is 6.00.